The van der Waals surface area contributed by atoms with Crippen molar-refractivity contribution >= 4 is 21.6 Å². The van der Waals surface area contributed by atoms with Crippen molar-refractivity contribution < 1.29 is 22.7 Å². The van der Waals surface area contributed by atoms with Gasteiger partial charge in [-0.3, -0.25) is 4.79 Å². The fourth-order valence-electron chi connectivity index (χ4n) is 6.33. The molecule has 0 bridgehead atoms. The molecule has 7 nitrogen and oxygen atoms in total. The molecule has 1 N–H and O–H groups in total. The maximum Gasteiger partial charge on any atom is 0.264 e. The molecule has 1 amide bonds. The van der Waals surface area contributed by atoms with Crippen molar-refractivity contribution in [3.8, 4) is 11.5 Å². The minimum atomic E-state index is -4.14. The van der Waals surface area contributed by atoms with Crippen molar-refractivity contribution in [2.75, 3.05) is 32.2 Å². The molecule has 0 saturated carbocycles. The quantitative estimate of drug-likeness (QED) is 0.239. The molecule has 4 rings (SSSR count). The van der Waals surface area contributed by atoms with E-state index in [1.54, 1.807) is 14.2 Å². The lowest BCUT2D eigenvalue weighted by atomic mass is 9.70. The van der Waals surface area contributed by atoms with Gasteiger partial charge in [0.05, 0.1) is 24.8 Å². The highest BCUT2D eigenvalue weighted by Crippen LogP contribution is 2.43. The number of hydrogen-bond donors (Lipinski definition) is 1. The van der Waals surface area contributed by atoms with Crippen LogP contribution in [-0.2, 0) is 20.2 Å². The van der Waals surface area contributed by atoms with Crippen LogP contribution in [0, 0.1) is 0 Å². The molecule has 44 heavy (non-hydrogen) atoms. The van der Waals surface area contributed by atoms with E-state index in [0.29, 0.717) is 31.7 Å². The highest BCUT2D eigenvalue weighted by Gasteiger charge is 2.40. The Bertz CT molecular complexity index is 1540. The van der Waals surface area contributed by atoms with E-state index in [0.717, 1.165) is 33.7 Å². The number of methoxy groups -OCH3 is 2. The predicted molar refractivity (Wildman–Crippen MR) is 178 cm³/mol. The first kappa shape index (κ1) is 33.4. The number of para-hydroxylation sites is 2. The number of amides is 1. The first-order valence-electron chi connectivity index (χ1n) is 15.6. The van der Waals surface area contributed by atoms with E-state index >= 15 is 0 Å². The van der Waals surface area contributed by atoms with E-state index in [4.69, 9.17) is 9.47 Å². The maximum atomic E-state index is 14.1. The summed E-state index contributed by atoms with van der Waals surface area (Å²) in [7, 11) is -0.850. The second kappa shape index (κ2) is 13.6. The number of anilines is 1. The number of piperidine rings is 1. The van der Waals surface area contributed by atoms with Gasteiger partial charge >= 0.3 is 0 Å². The highest BCUT2D eigenvalue weighted by atomic mass is 32.2. The molecule has 1 aliphatic heterocycles. The second-order valence-electron chi connectivity index (χ2n) is 12.9. The van der Waals surface area contributed by atoms with Crippen LogP contribution in [-0.4, -0.2) is 41.6 Å². The number of carbonyl (C=O) groups is 1. The van der Waals surface area contributed by atoms with Crippen LogP contribution in [0.5, 0.6) is 11.5 Å². The summed E-state index contributed by atoms with van der Waals surface area (Å²) in [6.45, 7) is 13.6. The Morgan fingerprint density at radius 2 is 1.45 bits per heavy atom. The van der Waals surface area contributed by atoms with Crippen LogP contribution in [0.3, 0.4) is 0 Å². The molecule has 0 aromatic heterocycles. The fraction of sp³-hybridized carbons (Fsp3) is 0.472. The normalized spacial score (nSPS) is 15.1. The lowest BCUT2D eigenvalue weighted by Gasteiger charge is -2.43. The van der Waals surface area contributed by atoms with Gasteiger partial charge in [-0.15, -0.1) is 0 Å². The molecule has 1 fully saturated rings. The molecule has 0 spiro atoms. The molecular weight excluding hydrogens is 572 g/mol. The molecule has 1 heterocycles. The van der Waals surface area contributed by atoms with Crippen LogP contribution in [0.15, 0.2) is 65.6 Å². The minimum Gasteiger partial charge on any atom is -0.497 e. The summed E-state index contributed by atoms with van der Waals surface area (Å²) in [6.07, 6.45) is 1.35. The minimum absolute atomic E-state index is 0.0321. The Kier molecular flexibility index (Phi) is 10.3. The molecule has 0 radical (unpaired) electrons. The Labute approximate surface area is 264 Å². The van der Waals surface area contributed by atoms with Gasteiger partial charge in [-0.2, -0.15) is 0 Å². The summed E-state index contributed by atoms with van der Waals surface area (Å²) in [6, 6.07) is 19.7. The number of hydrogen-bond acceptors (Lipinski definition) is 6. The van der Waals surface area contributed by atoms with Gasteiger partial charge in [0, 0.05) is 24.9 Å². The predicted octanol–water partition coefficient (Wildman–Crippen LogP) is 7.51. The summed E-state index contributed by atoms with van der Waals surface area (Å²) >= 11 is 0. The molecule has 1 saturated heterocycles. The van der Waals surface area contributed by atoms with Gasteiger partial charge in [0.1, 0.15) is 11.5 Å². The van der Waals surface area contributed by atoms with Crippen LogP contribution in [0.2, 0.25) is 0 Å². The number of sulfonamides is 1. The number of benzene rings is 3. The fourth-order valence-corrected chi connectivity index (χ4v) is 8.02. The molecule has 0 atom stereocenters. The third kappa shape index (κ3) is 7.06. The number of ether oxygens (including phenoxy) is 2. The number of rotatable bonds is 11. The summed E-state index contributed by atoms with van der Waals surface area (Å²) in [4.78, 5) is 16.4. The topological polar surface area (TPSA) is 84.9 Å². The van der Waals surface area contributed by atoms with Gasteiger partial charge in [-0.1, -0.05) is 77.9 Å². The summed E-state index contributed by atoms with van der Waals surface area (Å²) in [5.74, 6) is 1.19. The molecule has 238 valence electrons. The Morgan fingerprint density at radius 1 is 0.841 bits per heavy atom. The summed E-state index contributed by atoms with van der Waals surface area (Å²) in [5, 5.41) is 0. The number of carbonyl (C=O) groups excluding carboxylic acids is 1. The van der Waals surface area contributed by atoms with Gasteiger partial charge in [0.25, 0.3) is 10.0 Å². The smallest absolute Gasteiger partial charge is 0.264 e. The van der Waals surface area contributed by atoms with Crippen molar-refractivity contribution in [3.05, 3.63) is 82.9 Å². The average molecular weight is 621 g/mol. The average Bonchev–Trinajstić information content (AvgIpc) is 3.00. The third-order valence-electron chi connectivity index (χ3n) is 8.92. The van der Waals surface area contributed by atoms with Crippen LogP contribution >= 0.6 is 0 Å². The zero-order valence-electron chi connectivity index (χ0n) is 27.4. The van der Waals surface area contributed by atoms with Crippen LogP contribution in [0.25, 0.3) is 0 Å². The maximum absolute atomic E-state index is 14.1. The second-order valence-corrected chi connectivity index (χ2v) is 14.5. The van der Waals surface area contributed by atoms with Crippen LogP contribution in [0.4, 0.5) is 5.69 Å². The van der Waals surface area contributed by atoms with Gasteiger partial charge < -0.3 is 14.4 Å². The standard InChI is InChI=1S/C36H48N2O5S/c1-24(2)27-20-30(25(3)4)35(31(21-27)26(5)6)44(40,41)37-34(39)23-36(28-12-11-13-29(22-28)42-7)16-18-38(19-17-36)32-14-9-10-15-33(32)43-8/h9-15,20-22,24-26H,16-19,23H2,1-8H3,(H,37,39). The van der Waals surface area contributed by atoms with E-state index in [1.165, 1.54) is 0 Å². The molecule has 3 aromatic carbocycles. The summed E-state index contributed by atoms with van der Waals surface area (Å²) < 4.78 is 41.8. The van der Waals surface area contributed by atoms with E-state index in [-0.39, 0.29) is 29.1 Å². The zero-order chi connectivity index (χ0) is 32.2. The largest absolute Gasteiger partial charge is 0.497 e. The van der Waals surface area contributed by atoms with E-state index < -0.39 is 21.3 Å². The van der Waals surface area contributed by atoms with Crippen molar-refractivity contribution in [2.45, 2.75) is 88.9 Å². The monoisotopic (exact) mass is 620 g/mol. The molecule has 8 heteroatoms. The lowest BCUT2D eigenvalue weighted by Crippen LogP contribution is -2.46. The van der Waals surface area contributed by atoms with Crippen LogP contribution in [0.1, 0.15) is 101 Å². The van der Waals surface area contributed by atoms with Gasteiger partial charge in [-0.25, -0.2) is 13.1 Å². The van der Waals surface area contributed by atoms with Crippen LogP contribution < -0.4 is 19.1 Å². The van der Waals surface area contributed by atoms with Gasteiger partial charge in [0.15, 0.2) is 0 Å². The van der Waals surface area contributed by atoms with Crippen molar-refractivity contribution in [2.24, 2.45) is 0 Å². The molecule has 3 aromatic rings. The molecule has 1 aliphatic rings. The van der Waals surface area contributed by atoms with E-state index in [1.807, 2.05) is 88.4 Å². The Morgan fingerprint density at radius 3 is 2.00 bits per heavy atom. The molecular formula is C36H48N2O5S. The molecule has 0 unspecified atom stereocenters. The number of nitrogens with one attached hydrogen (secondary N) is 1. The summed E-state index contributed by atoms with van der Waals surface area (Å²) in [5.41, 5.74) is 3.99. The van der Waals surface area contributed by atoms with Gasteiger partial charge in [-0.05, 0) is 77.1 Å². The number of nitrogens with zero attached hydrogens (tertiary/aromatic N) is 1. The first-order valence-corrected chi connectivity index (χ1v) is 17.1. The third-order valence-corrected chi connectivity index (χ3v) is 10.4. The highest BCUT2D eigenvalue weighted by molar-refractivity contribution is 7.90. The van der Waals surface area contributed by atoms with Crippen molar-refractivity contribution in [3.63, 3.8) is 0 Å². The first-order chi connectivity index (χ1) is 20.8. The van der Waals surface area contributed by atoms with E-state index in [9.17, 15) is 13.2 Å². The van der Waals surface area contributed by atoms with Crippen molar-refractivity contribution in [1.82, 2.24) is 4.72 Å². The van der Waals surface area contributed by atoms with E-state index in [2.05, 4.69) is 23.5 Å². The van der Waals surface area contributed by atoms with Gasteiger partial charge in [0.2, 0.25) is 5.91 Å². The Balaban J connectivity index is 1.68. The SMILES string of the molecule is COc1cccc(C2(CC(=O)NS(=O)(=O)c3c(C(C)C)cc(C(C)C)cc3C(C)C)CCN(c3ccccc3OC)CC2)c1. The zero-order valence-corrected chi connectivity index (χ0v) is 28.3. The van der Waals surface area contributed by atoms with Crippen molar-refractivity contribution in [1.29, 1.82) is 0 Å². The lowest BCUT2D eigenvalue weighted by molar-refractivity contribution is -0.120. The Hall–Kier alpha value is -3.52. The molecule has 0 aliphatic carbocycles.